The van der Waals surface area contributed by atoms with Gasteiger partial charge < -0.3 is 110 Å². The van der Waals surface area contributed by atoms with E-state index in [-0.39, 0.29) is 75.1 Å². The molecular weight excluding hydrogens is 1330 g/mol. The minimum Gasteiger partial charge on any atom is -0.508 e. The Labute approximate surface area is 590 Å². The van der Waals surface area contributed by atoms with Crippen molar-refractivity contribution in [3.05, 3.63) is 82.0 Å². The van der Waals surface area contributed by atoms with Crippen LogP contribution in [0, 0.1) is 50.2 Å². The fraction of sp³-hybridized carbons (Fsp3) is 0.649. The SMILES string of the molecule is CC1O[C@@H](OC2C(O)[C@@H](NC(=O)CCCCCNC(=S)Nc3ccc(-c4c5ccc(=O)cc-5oc5cc(O)ccc45)c(C(=O)O)c3)C(CO)O[C@H]2OC(=O)[C@]23CCC(C)(C)CC2C2=CCC4C5(C)CC[C@H](O)[C@](C)(C=O)[C@@H]5CCC4(C)[C@]2(C)CC3O)C(O)C(O)[C@H]1O[C@@H]1OC[C@@H](O)C(O)C1O. The zero-order chi connectivity index (χ0) is 72.8. The Hall–Kier alpha value is -6.12. The van der Waals surface area contributed by atoms with Crippen LogP contribution in [0.25, 0.3) is 33.4 Å². The van der Waals surface area contributed by atoms with Crippen molar-refractivity contribution in [3.8, 4) is 28.2 Å². The Morgan fingerprint density at radius 3 is 2.22 bits per heavy atom. The minimum atomic E-state index is -2.00. The second-order valence-corrected chi connectivity index (χ2v) is 31.9. The predicted octanol–water partition coefficient (Wildman–Crippen LogP) is 4.91. The third kappa shape index (κ3) is 13.2. The molecule has 4 aliphatic heterocycles. The fourth-order valence-corrected chi connectivity index (χ4v) is 19.4. The molecule has 24 atom stereocenters. The number of esters is 1. The van der Waals surface area contributed by atoms with Gasteiger partial charge in [0.2, 0.25) is 12.2 Å². The van der Waals surface area contributed by atoms with E-state index in [1.807, 2.05) is 6.92 Å². The number of ether oxygens (including phenoxy) is 6. The first-order chi connectivity index (χ1) is 47.7. The summed E-state index contributed by atoms with van der Waals surface area (Å²) in [6.07, 6.45) is -14.9. The van der Waals surface area contributed by atoms with E-state index >= 15 is 4.79 Å². The van der Waals surface area contributed by atoms with Crippen LogP contribution in [0.2, 0.25) is 0 Å². The lowest BCUT2D eigenvalue weighted by atomic mass is 9.33. The van der Waals surface area contributed by atoms with E-state index in [0.717, 1.165) is 18.3 Å². The Morgan fingerprint density at radius 1 is 0.752 bits per heavy atom. The summed E-state index contributed by atoms with van der Waals surface area (Å²) >= 11 is 5.58. The molecule has 0 spiro atoms. The van der Waals surface area contributed by atoms with Crippen molar-refractivity contribution in [2.24, 2.45) is 50.2 Å². The van der Waals surface area contributed by atoms with Gasteiger partial charge in [-0.25, -0.2) is 4.79 Å². The highest BCUT2D eigenvalue weighted by atomic mass is 32.1. The maximum atomic E-state index is 15.8. The molecule has 3 saturated heterocycles. The fourth-order valence-electron chi connectivity index (χ4n) is 19.2. The molecule has 0 radical (unpaired) electrons. The van der Waals surface area contributed by atoms with Gasteiger partial charge in [-0.2, -0.15) is 0 Å². The number of benzene rings is 3. The maximum Gasteiger partial charge on any atom is 0.336 e. The van der Waals surface area contributed by atoms with Crippen molar-refractivity contribution in [1.29, 1.82) is 0 Å². The maximum absolute atomic E-state index is 15.8. The summed E-state index contributed by atoms with van der Waals surface area (Å²) in [5.74, 6) is -3.14. The number of fused-ring (bicyclic) bond motifs is 9. The summed E-state index contributed by atoms with van der Waals surface area (Å²) in [4.78, 5) is 67.9. The van der Waals surface area contributed by atoms with Gasteiger partial charge in [-0.1, -0.05) is 65.7 Å². The number of carbonyl (C=O) groups is 4. The molecule has 1 amide bonds. The van der Waals surface area contributed by atoms with E-state index in [2.05, 4.69) is 56.6 Å². The largest absolute Gasteiger partial charge is 0.508 e. The summed E-state index contributed by atoms with van der Waals surface area (Å²) in [6, 6.07) is 11.9. The average molecular weight is 1430 g/mol. The molecule has 4 heterocycles. The summed E-state index contributed by atoms with van der Waals surface area (Å²) in [7, 11) is 0. The minimum absolute atomic E-state index is 0.0691. The highest BCUT2D eigenvalue weighted by Crippen LogP contribution is 2.76. The lowest BCUT2D eigenvalue weighted by Gasteiger charge is -2.71. The summed E-state index contributed by atoms with van der Waals surface area (Å²) < 4.78 is 42.6. The number of aliphatic hydroxyl groups is 9. The number of carboxylic acid groups (broad SMARTS) is 1. The number of unbranched alkanes of at least 4 members (excludes halogenated alkanes) is 2. The molecule has 7 fully saturated rings. The third-order valence-electron chi connectivity index (χ3n) is 25.1. The molecule has 27 heteroatoms. The molecule has 6 aliphatic carbocycles. The van der Waals surface area contributed by atoms with Crippen LogP contribution < -0.4 is 21.4 Å². The van der Waals surface area contributed by atoms with E-state index in [0.29, 0.717) is 92.1 Å². The van der Waals surface area contributed by atoms with Gasteiger partial charge in [0.25, 0.3) is 0 Å². The number of allylic oxidation sites excluding steroid dienone is 2. The number of carboxylic acids is 1. The number of aromatic carboxylic acids is 1. The zero-order valence-corrected chi connectivity index (χ0v) is 58.7. The standard InChI is InChI=1S/C74H97N3O23S/c1-35-61(98-64-59(89)56(86)45(82)33-94-64)58(88)60(90)65(95-35)99-62-57(87)55(77-53(85)11-9-8-10-26-75-68(101)76-36-12-15-39(42(27-36)63(91)92)54-40-16-13-37(80)28-46(40)96-47-29-38(81)14-17-41(47)54)48(32-78)97-66(62)100-67(93)74-25-24-69(2,3)30-44(74)43-18-19-50-70(4)22-21-51(83)71(5,34-79)49(70)20-23-72(50,6)73(43,7)31-52(74)84/h12-18,27-29,34-35,44-45,48-52,55-62,64-66,78,80,82-84,86-90H,8-11,19-26,30-33H2,1-7H3,(H,77,85)(H,91,92)(H2,75,76,101)/t35?,44?,45-,48?,49-,50?,51+,52?,55+,56?,57?,58?,59?,60?,61+,62?,64+,65+,66+,70?,71-,72?,73-,74-/m1/s1. The van der Waals surface area contributed by atoms with Crippen molar-refractivity contribution < 1.29 is 108 Å². The van der Waals surface area contributed by atoms with Gasteiger partial charge in [-0.05, 0) is 171 Å². The van der Waals surface area contributed by atoms with E-state index < -0.39 is 157 Å². The number of anilines is 1. The van der Waals surface area contributed by atoms with E-state index in [4.69, 9.17) is 45.1 Å². The molecule has 101 heavy (non-hydrogen) atoms. The van der Waals surface area contributed by atoms with Crippen LogP contribution in [0.15, 0.2) is 75.5 Å². The van der Waals surface area contributed by atoms with Crippen LogP contribution in [0.5, 0.6) is 5.75 Å². The number of thiocarbonyl (C=S) groups is 1. The van der Waals surface area contributed by atoms with Crippen LogP contribution in [-0.4, -0.2) is 203 Å². The monoisotopic (exact) mass is 1430 g/mol. The van der Waals surface area contributed by atoms with Gasteiger partial charge >= 0.3 is 11.9 Å². The quantitative estimate of drug-likeness (QED) is 0.0157. The first kappa shape index (κ1) is 74.6. The molecule has 552 valence electrons. The van der Waals surface area contributed by atoms with Crippen molar-refractivity contribution in [2.75, 3.05) is 25.1 Å². The number of aliphatic hydroxyl groups excluding tert-OH is 9. The molecule has 26 nitrogen and oxygen atoms in total. The van der Waals surface area contributed by atoms with Gasteiger partial charge in [0, 0.05) is 47.3 Å². The van der Waals surface area contributed by atoms with Gasteiger partial charge in [0.1, 0.15) is 77.6 Å². The molecule has 0 bridgehead atoms. The van der Waals surface area contributed by atoms with Crippen LogP contribution in [0.1, 0.15) is 142 Å². The molecule has 2 aromatic rings. The Morgan fingerprint density at radius 2 is 1.49 bits per heavy atom. The summed E-state index contributed by atoms with van der Waals surface area (Å²) in [6.45, 7) is 13.4. The highest BCUT2D eigenvalue weighted by Gasteiger charge is 2.72. The first-order valence-corrected chi connectivity index (χ1v) is 35.7. The predicted molar refractivity (Wildman–Crippen MR) is 366 cm³/mol. The summed E-state index contributed by atoms with van der Waals surface area (Å²) in [5.41, 5.74) is -1.69. The van der Waals surface area contributed by atoms with Crippen molar-refractivity contribution in [1.82, 2.24) is 10.6 Å². The topological polar surface area (TPSA) is 412 Å². The second kappa shape index (κ2) is 28.4. The van der Waals surface area contributed by atoms with E-state index in [9.17, 15) is 75.3 Å². The van der Waals surface area contributed by atoms with Gasteiger partial charge in [-0.3, -0.25) is 14.4 Å². The van der Waals surface area contributed by atoms with Crippen LogP contribution >= 0.6 is 12.2 Å². The number of phenols is 1. The van der Waals surface area contributed by atoms with Crippen LogP contribution in [0.4, 0.5) is 5.69 Å². The number of amides is 1. The molecule has 4 saturated carbocycles. The third-order valence-corrected chi connectivity index (χ3v) is 25.3. The number of hydrogen-bond donors (Lipinski definition) is 14. The zero-order valence-electron chi connectivity index (χ0n) is 57.9. The summed E-state index contributed by atoms with van der Waals surface area (Å²) in [5, 5.41) is 133. The molecule has 12 rings (SSSR count). The van der Waals surface area contributed by atoms with E-state index in [1.165, 1.54) is 37.3 Å². The number of aldehydes is 1. The van der Waals surface area contributed by atoms with E-state index in [1.54, 1.807) is 24.3 Å². The van der Waals surface area contributed by atoms with Crippen molar-refractivity contribution >= 4 is 58.1 Å². The second-order valence-electron chi connectivity index (χ2n) is 31.4. The number of rotatable bonds is 18. The van der Waals surface area contributed by atoms with Crippen molar-refractivity contribution in [3.63, 3.8) is 0 Å². The molecule has 13 unspecified atom stereocenters. The lowest BCUT2D eigenvalue weighted by Crippen LogP contribution is -2.69. The number of carbonyl (C=O) groups excluding carboxylic acids is 3. The number of nitrogens with one attached hydrogen (secondary N) is 3. The average Bonchev–Trinajstić information content (AvgIpc) is 0.671. The highest BCUT2D eigenvalue weighted by molar-refractivity contribution is 7.80. The number of hydrogen-bond acceptors (Lipinski definition) is 23. The molecule has 0 aromatic heterocycles. The normalized spacial score (nSPS) is 39.6. The van der Waals surface area contributed by atoms with Crippen molar-refractivity contribution in [2.45, 2.75) is 230 Å². The number of phenolic OH excluding ortho intramolecular Hbond substituents is 1. The van der Waals surface area contributed by atoms with Crippen LogP contribution in [0.3, 0.4) is 0 Å². The lowest BCUT2D eigenvalue weighted by molar-refractivity contribution is -0.370. The Kier molecular flexibility index (Phi) is 21.0. The molecule has 10 aliphatic rings. The van der Waals surface area contributed by atoms with Gasteiger partial charge in [-0.15, -0.1) is 0 Å². The Bertz CT molecular complexity index is 3850. The molecule has 2 aromatic carbocycles. The first-order valence-electron chi connectivity index (χ1n) is 35.3. The smallest absolute Gasteiger partial charge is 0.336 e. The molecular formula is C74H97N3O23S. The van der Waals surface area contributed by atoms with Gasteiger partial charge in [0.05, 0.1) is 48.5 Å². The van der Waals surface area contributed by atoms with Gasteiger partial charge in [0.15, 0.2) is 29.2 Å². The Balaban J connectivity index is 0.737. The van der Waals surface area contributed by atoms with Crippen LogP contribution in [-0.2, 0) is 42.8 Å². The number of aromatic hydroxyl groups is 1. The molecule has 14 N–H and O–H groups in total.